The molecule has 0 aliphatic heterocycles. The third-order valence-corrected chi connectivity index (χ3v) is 6.66. The van der Waals surface area contributed by atoms with Crippen LogP contribution in [0.3, 0.4) is 0 Å². The van der Waals surface area contributed by atoms with Crippen LogP contribution in [-0.2, 0) is 0 Å². The molecule has 2 nitrogen and oxygen atoms in total. The molecular formula is C22H32O2. The average molecular weight is 328 g/mol. The lowest BCUT2D eigenvalue weighted by molar-refractivity contribution is 0.0697. The molecule has 2 heteroatoms. The summed E-state index contributed by atoms with van der Waals surface area (Å²) in [6.07, 6.45) is 14.0. The van der Waals surface area contributed by atoms with E-state index in [2.05, 4.69) is 6.92 Å². The second kappa shape index (κ2) is 8.18. The van der Waals surface area contributed by atoms with Crippen LogP contribution in [0.1, 0.15) is 93.0 Å². The Morgan fingerprint density at radius 2 is 1.46 bits per heavy atom. The second-order valence-electron chi connectivity index (χ2n) is 8.11. The molecule has 0 saturated heterocycles. The fourth-order valence-electron chi connectivity index (χ4n) is 5.18. The lowest BCUT2D eigenvalue weighted by Crippen LogP contribution is -2.25. The lowest BCUT2D eigenvalue weighted by atomic mass is 9.68. The number of aromatic carboxylic acids is 1. The predicted molar refractivity (Wildman–Crippen MR) is 98.5 cm³/mol. The van der Waals surface area contributed by atoms with Gasteiger partial charge in [-0.05, 0) is 79.9 Å². The molecule has 1 aromatic rings. The summed E-state index contributed by atoms with van der Waals surface area (Å²) in [5.74, 6) is 2.75. The molecule has 2 saturated carbocycles. The van der Waals surface area contributed by atoms with Gasteiger partial charge in [0.1, 0.15) is 0 Å². The highest BCUT2D eigenvalue weighted by atomic mass is 16.4. The van der Waals surface area contributed by atoms with E-state index < -0.39 is 5.97 Å². The first-order valence-electron chi connectivity index (χ1n) is 10.0. The van der Waals surface area contributed by atoms with Gasteiger partial charge in [0.25, 0.3) is 0 Å². The van der Waals surface area contributed by atoms with Crippen LogP contribution in [0.5, 0.6) is 0 Å². The molecule has 24 heavy (non-hydrogen) atoms. The smallest absolute Gasteiger partial charge is 0.335 e. The van der Waals surface area contributed by atoms with Gasteiger partial charge in [-0.1, -0.05) is 44.7 Å². The van der Waals surface area contributed by atoms with E-state index in [0.29, 0.717) is 11.5 Å². The van der Waals surface area contributed by atoms with Gasteiger partial charge >= 0.3 is 5.97 Å². The summed E-state index contributed by atoms with van der Waals surface area (Å²) < 4.78 is 0. The first-order chi connectivity index (χ1) is 11.7. The van der Waals surface area contributed by atoms with Crippen molar-refractivity contribution in [2.45, 2.75) is 77.0 Å². The fraction of sp³-hybridized carbons (Fsp3) is 0.682. The number of carbonyl (C=O) groups is 1. The van der Waals surface area contributed by atoms with Crippen LogP contribution in [0.2, 0.25) is 0 Å². The number of hydrogen-bond donors (Lipinski definition) is 1. The molecule has 1 aromatic carbocycles. The van der Waals surface area contributed by atoms with Gasteiger partial charge in [0.15, 0.2) is 0 Å². The van der Waals surface area contributed by atoms with E-state index in [4.69, 9.17) is 5.11 Å². The number of carboxylic acids is 1. The molecule has 0 amide bonds. The maximum atomic E-state index is 11.0. The number of carboxylic acid groups (broad SMARTS) is 1. The predicted octanol–water partition coefficient (Wildman–Crippen LogP) is 6.27. The maximum absolute atomic E-state index is 11.0. The van der Waals surface area contributed by atoms with Crippen LogP contribution in [0.4, 0.5) is 0 Å². The van der Waals surface area contributed by atoms with Gasteiger partial charge in [-0.15, -0.1) is 0 Å². The molecule has 0 radical (unpaired) electrons. The van der Waals surface area contributed by atoms with E-state index in [9.17, 15) is 4.79 Å². The van der Waals surface area contributed by atoms with Crippen molar-refractivity contribution in [3.63, 3.8) is 0 Å². The van der Waals surface area contributed by atoms with E-state index in [1.807, 2.05) is 12.1 Å². The molecule has 2 aliphatic carbocycles. The molecule has 0 heterocycles. The van der Waals surface area contributed by atoms with Crippen LogP contribution >= 0.6 is 0 Å². The van der Waals surface area contributed by atoms with Crippen molar-refractivity contribution in [3.05, 3.63) is 35.4 Å². The molecule has 2 aliphatic rings. The van der Waals surface area contributed by atoms with Crippen molar-refractivity contribution in [1.82, 2.24) is 0 Å². The second-order valence-corrected chi connectivity index (χ2v) is 8.11. The Labute approximate surface area is 146 Å². The molecule has 0 spiro atoms. The molecule has 0 atom stereocenters. The molecular weight excluding hydrogens is 296 g/mol. The molecule has 2 fully saturated rings. The first-order valence-corrected chi connectivity index (χ1v) is 10.0. The van der Waals surface area contributed by atoms with E-state index in [1.54, 1.807) is 12.1 Å². The topological polar surface area (TPSA) is 37.3 Å². The standard InChI is InChI=1S/C22H32O2/c1-2-3-16-4-6-17(7-5-16)18-8-10-19(11-9-18)20-12-14-21(15-13-20)22(23)24/h12-19H,2-11H2,1H3,(H,23,24)/t16-,17-,18?,19?. The molecule has 0 aromatic heterocycles. The largest absolute Gasteiger partial charge is 0.478 e. The van der Waals surface area contributed by atoms with Gasteiger partial charge in [-0.3, -0.25) is 0 Å². The normalized spacial score (nSPS) is 30.9. The fourth-order valence-corrected chi connectivity index (χ4v) is 5.18. The average Bonchev–Trinajstić information content (AvgIpc) is 2.63. The van der Waals surface area contributed by atoms with E-state index >= 15 is 0 Å². The van der Waals surface area contributed by atoms with Gasteiger partial charge in [0, 0.05) is 0 Å². The zero-order valence-corrected chi connectivity index (χ0v) is 15.0. The number of rotatable bonds is 5. The summed E-state index contributed by atoms with van der Waals surface area (Å²) in [6, 6.07) is 7.59. The summed E-state index contributed by atoms with van der Waals surface area (Å²) in [4.78, 5) is 11.0. The molecule has 0 unspecified atom stereocenters. The minimum Gasteiger partial charge on any atom is -0.478 e. The summed E-state index contributed by atoms with van der Waals surface area (Å²) in [7, 11) is 0. The Morgan fingerprint density at radius 1 is 0.917 bits per heavy atom. The highest BCUT2D eigenvalue weighted by Crippen LogP contribution is 2.44. The van der Waals surface area contributed by atoms with Gasteiger partial charge in [-0.2, -0.15) is 0 Å². The molecule has 3 rings (SSSR count). The minimum absolute atomic E-state index is 0.399. The summed E-state index contributed by atoms with van der Waals surface area (Å²) >= 11 is 0. The maximum Gasteiger partial charge on any atom is 0.335 e. The zero-order valence-electron chi connectivity index (χ0n) is 15.0. The van der Waals surface area contributed by atoms with Crippen LogP contribution in [0.25, 0.3) is 0 Å². The van der Waals surface area contributed by atoms with Crippen molar-refractivity contribution in [1.29, 1.82) is 0 Å². The Kier molecular flexibility index (Phi) is 5.97. The zero-order chi connectivity index (χ0) is 16.9. The van der Waals surface area contributed by atoms with Gasteiger partial charge in [0.2, 0.25) is 0 Å². The van der Waals surface area contributed by atoms with E-state index in [0.717, 1.165) is 17.8 Å². The monoisotopic (exact) mass is 328 g/mol. The highest BCUT2D eigenvalue weighted by molar-refractivity contribution is 5.87. The quantitative estimate of drug-likeness (QED) is 0.692. The Bertz CT molecular complexity index is 517. The third kappa shape index (κ3) is 4.20. The van der Waals surface area contributed by atoms with Crippen LogP contribution in [0.15, 0.2) is 24.3 Å². The summed E-state index contributed by atoms with van der Waals surface area (Å²) in [6.45, 7) is 2.32. The van der Waals surface area contributed by atoms with E-state index in [1.165, 1.54) is 69.8 Å². The summed E-state index contributed by atoms with van der Waals surface area (Å²) in [5.41, 5.74) is 1.74. The Hall–Kier alpha value is -1.31. The van der Waals surface area contributed by atoms with Crippen LogP contribution in [-0.4, -0.2) is 11.1 Å². The third-order valence-electron chi connectivity index (χ3n) is 6.66. The van der Waals surface area contributed by atoms with Crippen molar-refractivity contribution >= 4 is 5.97 Å². The van der Waals surface area contributed by atoms with Crippen LogP contribution < -0.4 is 0 Å². The molecule has 0 bridgehead atoms. The van der Waals surface area contributed by atoms with Crippen molar-refractivity contribution in [2.24, 2.45) is 17.8 Å². The van der Waals surface area contributed by atoms with Crippen molar-refractivity contribution < 1.29 is 9.90 Å². The van der Waals surface area contributed by atoms with E-state index in [-0.39, 0.29) is 0 Å². The SMILES string of the molecule is CCC[C@H]1CC[C@H](C2CCC(c3ccc(C(=O)O)cc3)CC2)CC1. The number of hydrogen-bond acceptors (Lipinski definition) is 1. The minimum atomic E-state index is -0.830. The Morgan fingerprint density at radius 3 is 1.96 bits per heavy atom. The van der Waals surface area contributed by atoms with Crippen molar-refractivity contribution in [3.8, 4) is 0 Å². The molecule has 132 valence electrons. The van der Waals surface area contributed by atoms with Gasteiger partial charge < -0.3 is 5.11 Å². The molecule has 1 N–H and O–H groups in total. The Balaban J connectivity index is 1.48. The van der Waals surface area contributed by atoms with Gasteiger partial charge in [0.05, 0.1) is 5.56 Å². The summed E-state index contributed by atoms with van der Waals surface area (Å²) in [5, 5.41) is 9.02. The van der Waals surface area contributed by atoms with Crippen LogP contribution in [0, 0.1) is 17.8 Å². The number of benzene rings is 1. The van der Waals surface area contributed by atoms with Gasteiger partial charge in [-0.25, -0.2) is 4.79 Å². The lowest BCUT2D eigenvalue weighted by Gasteiger charge is -2.38. The highest BCUT2D eigenvalue weighted by Gasteiger charge is 2.31. The first kappa shape index (κ1) is 17.5. The van der Waals surface area contributed by atoms with Crippen molar-refractivity contribution in [2.75, 3.05) is 0 Å².